The predicted molar refractivity (Wildman–Crippen MR) is 132 cm³/mol. The van der Waals surface area contributed by atoms with E-state index in [0.29, 0.717) is 16.5 Å². The second-order valence-corrected chi connectivity index (χ2v) is 8.22. The Morgan fingerprint density at radius 3 is 2.31 bits per heavy atom. The molecule has 2 heterocycles. The molecule has 2 N–H and O–H groups in total. The number of benzene rings is 3. The van der Waals surface area contributed by atoms with Gasteiger partial charge in [0.05, 0.1) is 0 Å². The third-order valence-electron chi connectivity index (χ3n) is 5.36. The summed E-state index contributed by atoms with van der Waals surface area (Å²) < 4.78 is 28.2. The van der Waals surface area contributed by atoms with Crippen molar-refractivity contribution < 1.29 is 13.6 Å². The lowest BCUT2D eigenvalue weighted by molar-refractivity contribution is -0.111. The fourth-order valence-electron chi connectivity index (χ4n) is 3.64. The average Bonchev–Trinajstić information content (AvgIpc) is 3.26. The van der Waals surface area contributed by atoms with Crippen LogP contribution in [0.5, 0.6) is 0 Å². The van der Waals surface area contributed by atoms with Crippen LogP contribution in [-0.4, -0.2) is 20.7 Å². The van der Waals surface area contributed by atoms with E-state index in [2.05, 4.69) is 20.7 Å². The van der Waals surface area contributed by atoms with E-state index in [1.807, 2.05) is 18.2 Å². The molecule has 0 spiro atoms. The van der Waals surface area contributed by atoms with Crippen LogP contribution in [0.3, 0.4) is 0 Å². The summed E-state index contributed by atoms with van der Waals surface area (Å²) in [6.45, 7) is 0. The lowest BCUT2D eigenvalue weighted by Gasteiger charge is -2.24. The number of amides is 1. The number of fused-ring (bicyclic) bond motifs is 1. The summed E-state index contributed by atoms with van der Waals surface area (Å²) in [5.74, 6) is -0.635. The molecule has 35 heavy (non-hydrogen) atoms. The maximum Gasteiger partial charge on any atom is 0.250 e. The molecule has 1 aliphatic heterocycles. The van der Waals surface area contributed by atoms with Gasteiger partial charge in [-0.25, -0.2) is 13.5 Å². The van der Waals surface area contributed by atoms with E-state index in [9.17, 15) is 13.6 Å². The van der Waals surface area contributed by atoms with Crippen molar-refractivity contribution in [2.45, 2.75) is 6.04 Å². The Hall–Kier alpha value is -4.30. The molecule has 0 saturated heterocycles. The van der Waals surface area contributed by atoms with Crippen molar-refractivity contribution in [1.29, 1.82) is 0 Å². The van der Waals surface area contributed by atoms with Crippen LogP contribution in [0, 0.1) is 11.6 Å². The van der Waals surface area contributed by atoms with E-state index >= 15 is 0 Å². The Morgan fingerprint density at radius 1 is 0.971 bits per heavy atom. The topological polar surface area (TPSA) is 71.8 Å². The van der Waals surface area contributed by atoms with E-state index in [0.717, 1.165) is 16.8 Å². The van der Waals surface area contributed by atoms with Crippen molar-refractivity contribution in [2.24, 2.45) is 0 Å². The lowest BCUT2D eigenvalue weighted by Crippen LogP contribution is -2.20. The number of carbonyl (C=O) groups is 1. The van der Waals surface area contributed by atoms with E-state index < -0.39 is 11.9 Å². The van der Waals surface area contributed by atoms with E-state index in [-0.39, 0.29) is 17.6 Å². The first-order valence-electron chi connectivity index (χ1n) is 10.7. The quantitative estimate of drug-likeness (QED) is 0.341. The summed E-state index contributed by atoms with van der Waals surface area (Å²) in [5.41, 5.74) is 3.11. The maximum atomic E-state index is 13.5. The minimum atomic E-state index is -0.443. The van der Waals surface area contributed by atoms with Crippen LogP contribution in [0.1, 0.15) is 22.7 Å². The van der Waals surface area contributed by atoms with Gasteiger partial charge in [0.1, 0.15) is 17.7 Å². The monoisotopic (exact) mass is 489 g/mol. The summed E-state index contributed by atoms with van der Waals surface area (Å²) in [4.78, 5) is 16.9. The molecule has 0 bridgehead atoms. The molecule has 1 aromatic heterocycles. The number of aromatic nitrogens is 3. The summed E-state index contributed by atoms with van der Waals surface area (Å²) in [6, 6.07) is 18.8. The molecule has 0 radical (unpaired) electrons. The molecule has 3 aromatic carbocycles. The van der Waals surface area contributed by atoms with Crippen molar-refractivity contribution in [3.05, 3.63) is 118 Å². The van der Waals surface area contributed by atoms with Crippen molar-refractivity contribution in [3.8, 4) is 0 Å². The zero-order valence-electron chi connectivity index (χ0n) is 18.1. The third kappa shape index (κ3) is 5.12. The van der Waals surface area contributed by atoms with Crippen LogP contribution in [0.4, 0.5) is 20.7 Å². The maximum absolute atomic E-state index is 13.5. The summed E-state index contributed by atoms with van der Waals surface area (Å²) in [6.07, 6.45) is 4.82. The summed E-state index contributed by atoms with van der Waals surface area (Å²) >= 11 is 6.03. The molecule has 0 saturated carbocycles. The van der Waals surface area contributed by atoms with Crippen LogP contribution in [-0.2, 0) is 4.79 Å². The number of carbonyl (C=O) groups excluding carboxylic acids is 1. The highest BCUT2D eigenvalue weighted by molar-refractivity contribution is 6.30. The molecule has 174 valence electrons. The van der Waals surface area contributed by atoms with Gasteiger partial charge >= 0.3 is 0 Å². The molecule has 1 amide bonds. The molecule has 9 heteroatoms. The molecule has 6 nitrogen and oxygen atoms in total. The Kier molecular flexibility index (Phi) is 6.12. The number of nitrogens with zero attached hydrogens (tertiary/aromatic N) is 3. The fourth-order valence-corrected chi connectivity index (χ4v) is 3.76. The standard InChI is InChI=1S/C26H18ClF2N5O/c27-19-8-4-17(5-9-19)22-15-23(18-6-12-21(29)13-7-18)34-26(30-22)32-25(33-34)31-24(35)14-3-16-1-10-20(28)11-2-16/h1-15,23H,(H2,30,31,32,33,35)/b14-3+. The van der Waals surface area contributed by atoms with Crippen molar-refractivity contribution in [1.82, 2.24) is 14.8 Å². The van der Waals surface area contributed by atoms with Gasteiger partial charge in [-0.15, -0.1) is 5.10 Å². The van der Waals surface area contributed by atoms with Crippen molar-refractivity contribution in [2.75, 3.05) is 10.6 Å². The van der Waals surface area contributed by atoms with Gasteiger partial charge in [0, 0.05) is 16.8 Å². The van der Waals surface area contributed by atoms with Gasteiger partial charge in [0.2, 0.25) is 5.95 Å². The Labute approximate surface area is 204 Å². The SMILES string of the molecule is O=C(/C=C/c1ccc(F)cc1)Nc1nc2n(n1)C(c1ccc(F)cc1)C=C(c1ccc(Cl)cc1)N2. The van der Waals surface area contributed by atoms with Crippen molar-refractivity contribution >= 4 is 41.2 Å². The minimum Gasteiger partial charge on any atom is -0.324 e. The number of nitrogens with one attached hydrogen (secondary N) is 2. The molecule has 0 aliphatic carbocycles. The Balaban J connectivity index is 1.42. The highest BCUT2D eigenvalue weighted by Crippen LogP contribution is 2.33. The first-order chi connectivity index (χ1) is 16.9. The van der Waals surface area contributed by atoms with Gasteiger partial charge < -0.3 is 5.32 Å². The lowest BCUT2D eigenvalue weighted by atomic mass is 10.0. The molecular formula is C26H18ClF2N5O. The fraction of sp³-hybridized carbons (Fsp3) is 0.0385. The minimum absolute atomic E-state index is 0.0964. The number of hydrogen-bond donors (Lipinski definition) is 2. The number of rotatable bonds is 5. The molecular weight excluding hydrogens is 472 g/mol. The van der Waals surface area contributed by atoms with Gasteiger partial charge in [0.15, 0.2) is 0 Å². The zero-order valence-corrected chi connectivity index (χ0v) is 18.9. The molecule has 1 atom stereocenters. The van der Waals surface area contributed by atoms with Crippen LogP contribution < -0.4 is 10.6 Å². The third-order valence-corrected chi connectivity index (χ3v) is 5.62. The van der Waals surface area contributed by atoms with E-state index in [1.165, 1.54) is 30.3 Å². The second-order valence-electron chi connectivity index (χ2n) is 7.79. The molecule has 0 fully saturated rings. The van der Waals surface area contributed by atoms with Gasteiger partial charge in [-0.1, -0.05) is 48.0 Å². The highest BCUT2D eigenvalue weighted by Gasteiger charge is 2.25. The van der Waals surface area contributed by atoms with E-state index in [4.69, 9.17) is 11.6 Å². The van der Waals surface area contributed by atoms with Gasteiger partial charge in [-0.3, -0.25) is 10.1 Å². The van der Waals surface area contributed by atoms with Crippen LogP contribution in [0.2, 0.25) is 5.02 Å². The number of anilines is 2. The molecule has 5 rings (SSSR count). The molecule has 1 aliphatic rings. The summed E-state index contributed by atoms with van der Waals surface area (Å²) in [7, 11) is 0. The van der Waals surface area contributed by atoms with Gasteiger partial charge in [-0.2, -0.15) is 4.98 Å². The average molecular weight is 490 g/mol. The van der Waals surface area contributed by atoms with Crippen molar-refractivity contribution in [3.63, 3.8) is 0 Å². The van der Waals surface area contributed by atoms with Gasteiger partial charge in [-0.05, 0) is 65.2 Å². The normalized spacial score (nSPS) is 14.8. The summed E-state index contributed by atoms with van der Waals surface area (Å²) in [5, 5.41) is 10.9. The number of hydrogen-bond acceptors (Lipinski definition) is 4. The van der Waals surface area contributed by atoms with E-state index in [1.54, 1.807) is 47.2 Å². The smallest absolute Gasteiger partial charge is 0.250 e. The van der Waals surface area contributed by atoms with Crippen LogP contribution >= 0.6 is 11.6 Å². The Bertz CT molecular complexity index is 1430. The van der Waals surface area contributed by atoms with Crippen LogP contribution in [0.15, 0.2) is 84.9 Å². The number of allylic oxidation sites excluding steroid dienone is 1. The van der Waals surface area contributed by atoms with Gasteiger partial charge in [0.25, 0.3) is 11.9 Å². The zero-order chi connectivity index (χ0) is 24.4. The second kappa shape index (κ2) is 9.52. The molecule has 4 aromatic rings. The number of halogens is 3. The largest absolute Gasteiger partial charge is 0.324 e. The predicted octanol–water partition coefficient (Wildman–Crippen LogP) is 5.92. The highest BCUT2D eigenvalue weighted by atomic mass is 35.5. The first kappa shape index (κ1) is 22.5. The van der Waals surface area contributed by atoms with Crippen LogP contribution in [0.25, 0.3) is 11.8 Å². The Morgan fingerprint density at radius 2 is 1.63 bits per heavy atom. The molecule has 1 unspecified atom stereocenters. The first-order valence-corrected chi connectivity index (χ1v) is 11.0.